The molecule has 18 heteroatoms. The zero-order chi connectivity index (χ0) is 44.3. The highest BCUT2D eigenvalue weighted by molar-refractivity contribution is 5.79. The van der Waals surface area contributed by atoms with Crippen LogP contribution in [0.4, 0.5) is 0 Å². The summed E-state index contributed by atoms with van der Waals surface area (Å²) in [6.45, 7) is 7.38. The van der Waals surface area contributed by atoms with Gasteiger partial charge in [0.2, 0.25) is 6.29 Å². The highest BCUT2D eigenvalue weighted by atomic mass is 16.7. The second-order valence-corrected chi connectivity index (χ2v) is 20.2. The van der Waals surface area contributed by atoms with Gasteiger partial charge in [0.15, 0.2) is 6.29 Å². The van der Waals surface area contributed by atoms with E-state index in [-0.39, 0.29) is 31.1 Å². The van der Waals surface area contributed by atoms with Crippen molar-refractivity contribution in [2.24, 2.45) is 50.7 Å². The third-order valence-corrected chi connectivity index (χ3v) is 17.7. The topological polar surface area (TPSA) is 314 Å². The molecule has 0 amide bonds. The molecule has 5 aliphatic carbocycles. The van der Waals surface area contributed by atoms with Crippen LogP contribution in [0.3, 0.4) is 0 Å². The lowest BCUT2D eigenvalue weighted by molar-refractivity contribution is -0.344. The average Bonchev–Trinajstić information content (AvgIpc) is 3.19. The van der Waals surface area contributed by atoms with E-state index in [0.717, 1.165) is 5.57 Å². The summed E-state index contributed by atoms with van der Waals surface area (Å²) in [6, 6.07) is 0. The van der Waals surface area contributed by atoms with Crippen molar-refractivity contribution in [1.29, 1.82) is 0 Å². The van der Waals surface area contributed by atoms with Gasteiger partial charge in [-0.2, -0.15) is 0 Å². The predicted molar refractivity (Wildman–Crippen MR) is 204 cm³/mol. The monoisotopic (exact) mass is 858 g/mol. The number of ether oxygens (including phenoxy) is 4. The first-order valence-electron chi connectivity index (χ1n) is 21.4. The van der Waals surface area contributed by atoms with Gasteiger partial charge in [0.1, 0.15) is 60.4 Å². The van der Waals surface area contributed by atoms with Gasteiger partial charge in [0.25, 0.3) is 0 Å². The third kappa shape index (κ3) is 6.25. The van der Waals surface area contributed by atoms with E-state index >= 15 is 0 Å². The fraction of sp³-hybridized carbons (Fsp3) is 0.905. The van der Waals surface area contributed by atoms with Gasteiger partial charge in [-0.1, -0.05) is 39.3 Å². The lowest BCUT2D eigenvalue weighted by atomic mass is 9.32. The molecule has 6 fully saturated rings. The van der Waals surface area contributed by atoms with Gasteiger partial charge < -0.3 is 80.2 Å². The first-order chi connectivity index (χ1) is 28.0. The van der Waals surface area contributed by atoms with Crippen molar-refractivity contribution in [2.45, 2.75) is 165 Å². The Hall–Kier alpha value is -1.88. The number of aliphatic hydroxyl groups excluding tert-OH is 10. The molecular formula is C42H66O18. The van der Waals surface area contributed by atoms with Crippen LogP contribution in [0.15, 0.2) is 11.6 Å². The SMILES string of the molecule is C[C@@H]1CC[C@]2(C(=O)O[C@@H]3O[C@H](CO)[C@@H](O)[C@H](O)[C@H]3O)CC[C@]3(C)C(=CC[C@@H]4[C@@]5(C)C[C@@H](O)[C@H](O[C@@H]6O[C@H](CO)[C@@H](O)[C@H](O)[C@H]6O)[C@@](CO)(C(=O)O)[C@@H]5CC[C@]43C)[C@@H]2[C@]1(C)O. The minimum absolute atomic E-state index is 0.0157. The standard InChI is InChI=1S/C42H66O18/c1-18-8-11-41(36(55)60-34-30(52)28(50)26(48)22(16-44)58-34)13-12-38(3)19(31(41)40(18,5)56)6-7-23-37(2)14-20(46)32(59-33-29(51)27(49)25(47)21(15-43)57-33)42(17-45,35(53)54)24(37)9-10-39(23,38)4/h6,18,20-34,43-52,56H,7-17H2,1-5H3,(H,53,54)/t18-,20-,21-,22-,23-,24-,25-,26-,27+,28+,29-,30-,31-,32+,33+,34+,37-,38-,39-,40-,41+,42+/m1/s1. The fourth-order valence-electron chi connectivity index (χ4n) is 13.9. The molecule has 7 aliphatic rings. The summed E-state index contributed by atoms with van der Waals surface area (Å²) in [5.41, 5.74) is -6.27. The van der Waals surface area contributed by atoms with Crippen LogP contribution in [0, 0.1) is 50.7 Å². The molecule has 18 nitrogen and oxygen atoms in total. The van der Waals surface area contributed by atoms with Gasteiger partial charge in [-0.15, -0.1) is 0 Å². The zero-order valence-electron chi connectivity index (χ0n) is 34.9. The van der Waals surface area contributed by atoms with E-state index in [1.165, 1.54) is 0 Å². The van der Waals surface area contributed by atoms with Crippen molar-refractivity contribution in [2.75, 3.05) is 19.8 Å². The van der Waals surface area contributed by atoms with Crippen LogP contribution in [0.5, 0.6) is 0 Å². The number of aliphatic carboxylic acids is 1. The van der Waals surface area contributed by atoms with Crippen molar-refractivity contribution in [3.05, 3.63) is 11.6 Å². The summed E-state index contributed by atoms with van der Waals surface area (Å²) < 4.78 is 23.1. The second-order valence-electron chi connectivity index (χ2n) is 20.2. The molecule has 0 aromatic rings. The minimum atomic E-state index is -2.13. The molecular weight excluding hydrogens is 792 g/mol. The number of esters is 1. The van der Waals surface area contributed by atoms with E-state index in [4.69, 9.17) is 18.9 Å². The van der Waals surface area contributed by atoms with Crippen LogP contribution in [0.2, 0.25) is 0 Å². The average molecular weight is 859 g/mol. The summed E-state index contributed by atoms with van der Waals surface area (Å²) in [6.07, 6.45) is -15.3. The molecule has 12 N–H and O–H groups in total. The van der Waals surface area contributed by atoms with Crippen LogP contribution < -0.4 is 0 Å². The van der Waals surface area contributed by atoms with Crippen LogP contribution in [0.1, 0.15) is 86.0 Å². The number of hydrogen-bond acceptors (Lipinski definition) is 17. The number of allylic oxidation sites excluding steroid dienone is 1. The molecule has 22 atom stereocenters. The van der Waals surface area contributed by atoms with Gasteiger partial charge in [-0.3, -0.25) is 9.59 Å². The van der Waals surface area contributed by atoms with E-state index in [9.17, 15) is 70.9 Å². The molecule has 342 valence electrons. The largest absolute Gasteiger partial charge is 0.481 e. The summed E-state index contributed by atoms with van der Waals surface area (Å²) in [5.74, 6) is -4.32. The van der Waals surface area contributed by atoms with Gasteiger partial charge in [-0.25, -0.2) is 0 Å². The zero-order valence-corrected chi connectivity index (χ0v) is 34.9. The quantitative estimate of drug-likeness (QED) is 0.0735. The van der Waals surface area contributed by atoms with Gasteiger partial charge in [0.05, 0.1) is 36.9 Å². The molecule has 0 radical (unpaired) electrons. The highest BCUT2D eigenvalue weighted by Gasteiger charge is 2.75. The van der Waals surface area contributed by atoms with Gasteiger partial charge in [-0.05, 0) is 92.3 Å². The Balaban J connectivity index is 1.24. The maximum Gasteiger partial charge on any atom is 0.315 e. The molecule has 2 heterocycles. The Bertz CT molecular complexity index is 1670. The van der Waals surface area contributed by atoms with Crippen molar-refractivity contribution < 1.29 is 89.8 Å². The number of rotatable bonds is 8. The normalized spacial score (nSPS) is 55.3. The number of fused-ring (bicyclic) bond motifs is 7. The number of carboxylic acid groups (broad SMARTS) is 1. The minimum Gasteiger partial charge on any atom is -0.481 e. The summed E-state index contributed by atoms with van der Waals surface area (Å²) in [5, 5.41) is 130. The third-order valence-electron chi connectivity index (χ3n) is 17.7. The molecule has 4 saturated carbocycles. The van der Waals surface area contributed by atoms with Crippen LogP contribution in [0.25, 0.3) is 0 Å². The Morgan fingerprint density at radius 1 is 0.767 bits per heavy atom. The van der Waals surface area contributed by atoms with Crippen molar-refractivity contribution in [1.82, 2.24) is 0 Å². The Kier molecular flexibility index (Phi) is 12.1. The first-order valence-corrected chi connectivity index (χ1v) is 21.4. The number of aliphatic hydroxyl groups is 11. The second kappa shape index (κ2) is 15.7. The van der Waals surface area contributed by atoms with Crippen LogP contribution in [-0.4, -0.2) is 172 Å². The molecule has 0 aromatic carbocycles. The maximum atomic E-state index is 14.7. The Morgan fingerprint density at radius 3 is 1.92 bits per heavy atom. The molecule has 7 rings (SSSR count). The smallest absolute Gasteiger partial charge is 0.315 e. The number of carbonyl (C=O) groups excluding carboxylic acids is 1. The molecule has 0 aromatic heterocycles. The molecule has 60 heavy (non-hydrogen) atoms. The molecule has 2 aliphatic heterocycles. The molecule has 0 bridgehead atoms. The summed E-state index contributed by atoms with van der Waals surface area (Å²) >= 11 is 0. The van der Waals surface area contributed by atoms with Crippen molar-refractivity contribution >= 4 is 11.9 Å². The molecule has 2 saturated heterocycles. The van der Waals surface area contributed by atoms with Crippen molar-refractivity contribution in [3.8, 4) is 0 Å². The van der Waals surface area contributed by atoms with E-state index in [0.29, 0.717) is 32.1 Å². The Labute approximate surface area is 348 Å². The lowest BCUT2D eigenvalue weighted by Crippen LogP contribution is -2.72. The fourth-order valence-corrected chi connectivity index (χ4v) is 13.9. The maximum absolute atomic E-state index is 14.7. The number of carboxylic acids is 1. The summed E-state index contributed by atoms with van der Waals surface area (Å²) in [7, 11) is 0. The molecule has 0 spiro atoms. The van der Waals surface area contributed by atoms with E-state index in [1.54, 1.807) is 6.92 Å². The van der Waals surface area contributed by atoms with Gasteiger partial charge in [0, 0.05) is 5.92 Å². The van der Waals surface area contributed by atoms with E-state index in [1.807, 2.05) is 19.9 Å². The highest BCUT2D eigenvalue weighted by Crippen LogP contribution is 2.76. The van der Waals surface area contributed by atoms with Crippen molar-refractivity contribution in [3.63, 3.8) is 0 Å². The number of hydrogen-bond donors (Lipinski definition) is 12. The number of carbonyl (C=O) groups is 2. The molecule has 0 unspecified atom stereocenters. The van der Waals surface area contributed by atoms with Crippen LogP contribution in [-0.2, 0) is 28.5 Å². The Morgan fingerprint density at radius 2 is 1.35 bits per heavy atom. The predicted octanol–water partition coefficient (Wildman–Crippen LogP) is -1.70. The van der Waals surface area contributed by atoms with E-state index < -0.39 is 150 Å². The lowest BCUT2D eigenvalue weighted by Gasteiger charge is -2.72. The summed E-state index contributed by atoms with van der Waals surface area (Å²) in [4.78, 5) is 28.3. The first kappa shape index (κ1) is 46.1. The van der Waals surface area contributed by atoms with Gasteiger partial charge >= 0.3 is 11.9 Å². The van der Waals surface area contributed by atoms with Crippen LogP contribution >= 0.6 is 0 Å². The van der Waals surface area contributed by atoms with E-state index in [2.05, 4.69) is 13.8 Å².